The van der Waals surface area contributed by atoms with E-state index in [1.807, 2.05) is 13.8 Å². The van der Waals surface area contributed by atoms with E-state index in [0.717, 1.165) is 42.1 Å². The van der Waals surface area contributed by atoms with Gasteiger partial charge in [-0.2, -0.15) is 4.52 Å². The van der Waals surface area contributed by atoms with Gasteiger partial charge in [-0.3, -0.25) is 9.69 Å². The predicted octanol–water partition coefficient (Wildman–Crippen LogP) is 4.55. The van der Waals surface area contributed by atoms with Crippen LogP contribution >= 0.6 is 11.3 Å². The van der Waals surface area contributed by atoms with Gasteiger partial charge in [-0.05, 0) is 43.4 Å². The van der Waals surface area contributed by atoms with Crippen LogP contribution in [0.5, 0.6) is 5.88 Å². The molecule has 2 unspecified atom stereocenters. The Bertz CT molecular complexity index is 1070. The van der Waals surface area contributed by atoms with E-state index in [2.05, 4.69) is 53.1 Å². The van der Waals surface area contributed by atoms with Gasteiger partial charge in [-0.15, -0.1) is 5.10 Å². The van der Waals surface area contributed by atoms with Gasteiger partial charge >= 0.3 is 5.97 Å². The number of carbonyl (C=O) groups excluding carboxylic acids is 1. The third kappa shape index (κ3) is 4.38. The van der Waals surface area contributed by atoms with Crippen molar-refractivity contribution in [3.8, 4) is 5.88 Å². The Balaban J connectivity index is 1.74. The van der Waals surface area contributed by atoms with Crippen molar-refractivity contribution in [3.05, 3.63) is 46.1 Å². The van der Waals surface area contributed by atoms with Gasteiger partial charge in [0, 0.05) is 13.0 Å². The lowest BCUT2D eigenvalue weighted by Crippen LogP contribution is -2.41. The number of hydrogen-bond donors (Lipinski definition) is 1. The number of aryl methyl sites for hydroxylation is 1. The second-order valence-electron chi connectivity index (χ2n) is 8.68. The fraction of sp³-hybridized carbons (Fsp3) is 0.542. The molecule has 0 radical (unpaired) electrons. The van der Waals surface area contributed by atoms with Crippen molar-refractivity contribution in [3.63, 3.8) is 0 Å². The van der Waals surface area contributed by atoms with Gasteiger partial charge in [-0.25, -0.2) is 4.98 Å². The largest absolute Gasteiger partial charge is 0.492 e. The van der Waals surface area contributed by atoms with E-state index in [-0.39, 0.29) is 23.8 Å². The van der Waals surface area contributed by atoms with Crippen molar-refractivity contribution < 1.29 is 14.6 Å². The molecule has 1 saturated heterocycles. The highest BCUT2D eigenvalue weighted by atomic mass is 32.1. The molecule has 8 heteroatoms. The third-order valence-electron chi connectivity index (χ3n) is 6.16. The number of thiazole rings is 1. The average molecular weight is 457 g/mol. The molecule has 1 N–H and O–H groups in total. The Morgan fingerprint density at radius 3 is 2.59 bits per heavy atom. The lowest BCUT2D eigenvalue weighted by molar-refractivity contribution is -0.150. The number of carbonyl (C=O) groups is 1. The van der Waals surface area contributed by atoms with Crippen molar-refractivity contribution >= 4 is 22.3 Å². The molecule has 0 amide bonds. The molecule has 1 fully saturated rings. The number of benzene rings is 1. The summed E-state index contributed by atoms with van der Waals surface area (Å²) < 4.78 is 6.85. The molecule has 2 aromatic heterocycles. The first-order valence-corrected chi connectivity index (χ1v) is 12.3. The number of ether oxygens (including phenoxy) is 1. The number of rotatable bonds is 7. The Labute approximate surface area is 193 Å². The minimum absolute atomic E-state index is 0.133. The van der Waals surface area contributed by atoms with Crippen molar-refractivity contribution in [2.75, 3.05) is 19.7 Å². The Kier molecular flexibility index (Phi) is 6.81. The second kappa shape index (κ2) is 9.58. The summed E-state index contributed by atoms with van der Waals surface area (Å²) in [5, 5.41) is 15.6. The quantitative estimate of drug-likeness (QED) is 0.526. The minimum atomic E-state index is -0.174. The maximum atomic E-state index is 12.5. The van der Waals surface area contributed by atoms with Crippen LogP contribution in [0.3, 0.4) is 0 Å². The van der Waals surface area contributed by atoms with Gasteiger partial charge in [0.1, 0.15) is 0 Å². The lowest BCUT2D eigenvalue weighted by Gasteiger charge is -2.37. The van der Waals surface area contributed by atoms with Crippen LogP contribution in [-0.4, -0.2) is 50.3 Å². The summed E-state index contributed by atoms with van der Waals surface area (Å²) >= 11 is 1.47. The first kappa shape index (κ1) is 22.7. The highest BCUT2D eigenvalue weighted by Gasteiger charge is 2.35. The lowest BCUT2D eigenvalue weighted by atomic mass is 9.93. The summed E-state index contributed by atoms with van der Waals surface area (Å²) in [6.45, 7) is 10.0. The van der Waals surface area contributed by atoms with E-state index < -0.39 is 0 Å². The van der Waals surface area contributed by atoms with E-state index >= 15 is 0 Å². The number of piperidine rings is 1. The van der Waals surface area contributed by atoms with E-state index in [0.29, 0.717) is 24.0 Å². The topological polar surface area (TPSA) is 80.0 Å². The van der Waals surface area contributed by atoms with E-state index in [1.165, 1.54) is 16.9 Å². The molecule has 7 nitrogen and oxygen atoms in total. The van der Waals surface area contributed by atoms with Crippen LogP contribution in [0.15, 0.2) is 24.3 Å². The summed E-state index contributed by atoms with van der Waals surface area (Å²) in [7, 11) is 0. The van der Waals surface area contributed by atoms with E-state index in [1.54, 1.807) is 4.52 Å². The van der Waals surface area contributed by atoms with Crippen LogP contribution in [0.4, 0.5) is 0 Å². The van der Waals surface area contributed by atoms with Crippen LogP contribution in [0, 0.1) is 5.92 Å². The number of aromatic hydroxyl groups is 1. The molecule has 0 bridgehead atoms. The number of fused-ring (bicyclic) bond motifs is 1. The number of hydrogen-bond acceptors (Lipinski definition) is 7. The highest BCUT2D eigenvalue weighted by Crippen LogP contribution is 2.41. The van der Waals surface area contributed by atoms with Crippen molar-refractivity contribution in [1.82, 2.24) is 19.5 Å². The number of esters is 1. The van der Waals surface area contributed by atoms with Crippen LogP contribution < -0.4 is 0 Å². The molecule has 1 aliphatic rings. The number of likely N-dealkylation sites (tertiary alicyclic amines) is 1. The van der Waals surface area contributed by atoms with Crippen molar-refractivity contribution in [2.45, 2.75) is 58.9 Å². The van der Waals surface area contributed by atoms with Crippen LogP contribution in [0.2, 0.25) is 0 Å². The molecule has 32 heavy (non-hydrogen) atoms. The fourth-order valence-corrected chi connectivity index (χ4v) is 5.54. The maximum Gasteiger partial charge on any atom is 0.310 e. The van der Waals surface area contributed by atoms with Crippen LogP contribution in [-0.2, 0) is 16.0 Å². The molecular weight excluding hydrogens is 424 g/mol. The summed E-state index contributed by atoms with van der Waals surface area (Å²) in [6, 6.07) is 8.42. The summed E-state index contributed by atoms with van der Waals surface area (Å²) in [6.07, 6.45) is 2.46. The first-order valence-electron chi connectivity index (χ1n) is 11.5. The molecule has 0 spiro atoms. The number of aromatic nitrogens is 3. The van der Waals surface area contributed by atoms with Gasteiger partial charge < -0.3 is 9.84 Å². The predicted molar refractivity (Wildman–Crippen MR) is 125 cm³/mol. The summed E-state index contributed by atoms with van der Waals surface area (Å²) in [4.78, 5) is 20.8. The molecule has 1 aromatic carbocycles. The smallest absolute Gasteiger partial charge is 0.310 e. The van der Waals surface area contributed by atoms with Crippen LogP contribution in [0.1, 0.15) is 74.3 Å². The standard InChI is InChI=1S/C24H32N4O3S/c1-5-19-25-24-28(26-19)22(29)21(32-24)20(17-11-9-16(10-12-17)15(3)4)27-13-7-8-18(14-27)23(30)31-6-2/h9-12,15,18,20,29H,5-8,13-14H2,1-4H3. The zero-order chi connectivity index (χ0) is 22.8. The molecule has 0 saturated carbocycles. The van der Waals surface area contributed by atoms with Gasteiger partial charge in [0.15, 0.2) is 5.82 Å². The minimum Gasteiger partial charge on any atom is -0.492 e. The highest BCUT2D eigenvalue weighted by molar-refractivity contribution is 7.17. The van der Waals surface area contributed by atoms with Crippen LogP contribution in [0.25, 0.3) is 4.96 Å². The number of nitrogens with zero attached hydrogens (tertiary/aromatic N) is 4. The molecular formula is C24H32N4O3S. The Morgan fingerprint density at radius 1 is 1.25 bits per heavy atom. The van der Waals surface area contributed by atoms with Gasteiger partial charge in [0.05, 0.1) is 23.4 Å². The van der Waals surface area contributed by atoms with E-state index in [9.17, 15) is 9.90 Å². The van der Waals surface area contributed by atoms with E-state index in [4.69, 9.17) is 4.74 Å². The second-order valence-corrected chi connectivity index (χ2v) is 9.69. The van der Waals surface area contributed by atoms with Crippen molar-refractivity contribution in [2.24, 2.45) is 5.92 Å². The molecule has 172 valence electrons. The molecule has 2 atom stereocenters. The van der Waals surface area contributed by atoms with Gasteiger partial charge in [0.2, 0.25) is 10.8 Å². The monoisotopic (exact) mass is 456 g/mol. The summed E-state index contributed by atoms with van der Waals surface area (Å²) in [5.74, 6) is 1.01. The first-order chi connectivity index (χ1) is 15.4. The molecule has 4 rings (SSSR count). The normalized spacial score (nSPS) is 18.3. The zero-order valence-electron chi connectivity index (χ0n) is 19.2. The summed E-state index contributed by atoms with van der Waals surface area (Å²) in [5.41, 5.74) is 2.37. The third-order valence-corrected chi connectivity index (χ3v) is 7.24. The van der Waals surface area contributed by atoms with Gasteiger partial charge in [-0.1, -0.05) is 56.4 Å². The Hall–Kier alpha value is -2.45. The zero-order valence-corrected chi connectivity index (χ0v) is 20.1. The molecule has 0 aliphatic carbocycles. The average Bonchev–Trinajstić information content (AvgIpc) is 3.34. The van der Waals surface area contributed by atoms with Gasteiger partial charge in [0.25, 0.3) is 0 Å². The fourth-order valence-electron chi connectivity index (χ4n) is 4.40. The maximum absolute atomic E-state index is 12.5. The Morgan fingerprint density at radius 2 is 1.97 bits per heavy atom. The van der Waals surface area contributed by atoms with Crippen molar-refractivity contribution in [1.29, 1.82) is 0 Å². The molecule has 3 aromatic rings. The SMILES string of the molecule is CCOC(=O)C1CCCN(C(c2ccc(C(C)C)cc2)c2sc3nc(CC)nn3c2O)C1. The molecule has 3 heterocycles. The molecule has 1 aliphatic heterocycles.